The highest BCUT2D eigenvalue weighted by Gasteiger charge is 2.44. The quantitative estimate of drug-likeness (QED) is 0.362. The Morgan fingerprint density at radius 2 is 1.97 bits per heavy atom. The minimum Gasteiger partial charge on any atom is -0.355 e. The molecule has 34 heavy (non-hydrogen) atoms. The number of hydrogen-bond acceptors (Lipinski definition) is 7. The lowest BCUT2D eigenvalue weighted by molar-refractivity contribution is -0.160. The number of sulfonamides is 1. The molecular weight excluding hydrogens is 505 g/mol. The maximum Gasteiger partial charge on any atom is 0.314 e. The van der Waals surface area contributed by atoms with Crippen LogP contribution in [0.2, 0.25) is 4.34 Å². The van der Waals surface area contributed by atoms with Gasteiger partial charge in [-0.25, -0.2) is 12.8 Å². The normalized spacial score (nSPS) is 17.4. The zero-order chi connectivity index (χ0) is 25.3. The van der Waals surface area contributed by atoms with Crippen LogP contribution in [0, 0.1) is 5.82 Å². The summed E-state index contributed by atoms with van der Waals surface area (Å²) < 4.78 is 41.5. The van der Waals surface area contributed by atoms with Crippen LogP contribution < -0.4 is 4.90 Å². The second-order valence-corrected chi connectivity index (χ2v) is 11.8. The standard InChI is InChI=1S/C22H25ClFN3O5S2/c1-22(2,25(3)4)15-5-7-18(17(24)13-15)26-11-9-19(21(26)29)27(32-14-28)34(30,31)12-10-16-6-8-20(23)33-16/h5-8,10,12-14,19H,9,11H2,1-4H3/b12-10+. The molecule has 1 aliphatic rings. The third-order valence-electron chi connectivity index (χ3n) is 5.89. The summed E-state index contributed by atoms with van der Waals surface area (Å²) in [6, 6.07) is 6.48. The lowest BCUT2D eigenvalue weighted by atomic mass is 9.92. The molecule has 1 aliphatic heterocycles. The Labute approximate surface area is 207 Å². The number of halogens is 2. The summed E-state index contributed by atoms with van der Waals surface area (Å²) in [4.78, 5) is 32.5. The lowest BCUT2D eigenvalue weighted by Gasteiger charge is -2.33. The zero-order valence-corrected chi connectivity index (χ0v) is 21.5. The van der Waals surface area contributed by atoms with Gasteiger partial charge in [-0.15, -0.1) is 11.3 Å². The Morgan fingerprint density at radius 1 is 1.26 bits per heavy atom. The van der Waals surface area contributed by atoms with Gasteiger partial charge in [0.15, 0.2) is 0 Å². The van der Waals surface area contributed by atoms with Gasteiger partial charge in [-0.3, -0.25) is 9.59 Å². The first kappa shape index (κ1) is 26.3. The number of thiophene rings is 1. The van der Waals surface area contributed by atoms with Crippen molar-refractivity contribution in [3.8, 4) is 0 Å². The zero-order valence-electron chi connectivity index (χ0n) is 19.1. The van der Waals surface area contributed by atoms with Crippen molar-refractivity contribution < 1.29 is 27.2 Å². The van der Waals surface area contributed by atoms with Gasteiger partial charge in [0, 0.05) is 17.0 Å². The van der Waals surface area contributed by atoms with E-state index in [2.05, 4.69) is 0 Å². The third kappa shape index (κ3) is 5.33. The van der Waals surface area contributed by atoms with Crippen molar-refractivity contribution in [3.63, 3.8) is 0 Å². The van der Waals surface area contributed by atoms with E-state index < -0.39 is 33.3 Å². The summed E-state index contributed by atoms with van der Waals surface area (Å²) in [6.07, 6.45) is 1.30. The average molecular weight is 530 g/mol. The summed E-state index contributed by atoms with van der Waals surface area (Å²) >= 11 is 7.01. The first-order valence-electron chi connectivity index (χ1n) is 10.3. The molecule has 2 aromatic rings. The molecule has 1 atom stereocenters. The smallest absolute Gasteiger partial charge is 0.314 e. The molecule has 1 unspecified atom stereocenters. The van der Waals surface area contributed by atoms with E-state index >= 15 is 4.39 Å². The predicted molar refractivity (Wildman–Crippen MR) is 130 cm³/mol. The SMILES string of the molecule is CN(C)C(C)(C)c1ccc(N2CCC(N(OC=O)S(=O)(=O)/C=C/c3ccc(Cl)s3)C2=O)c(F)c1. The van der Waals surface area contributed by atoms with Crippen molar-refractivity contribution >= 4 is 57.1 Å². The van der Waals surface area contributed by atoms with Crippen LogP contribution in [0.3, 0.4) is 0 Å². The van der Waals surface area contributed by atoms with Gasteiger partial charge in [0.2, 0.25) is 5.91 Å². The van der Waals surface area contributed by atoms with E-state index in [9.17, 15) is 18.0 Å². The van der Waals surface area contributed by atoms with Crippen molar-refractivity contribution in [3.05, 3.63) is 56.3 Å². The fourth-order valence-corrected chi connectivity index (χ4v) is 5.64. The topological polar surface area (TPSA) is 87.2 Å². The van der Waals surface area contributed by atoms with Crippen LogP contribution in [0.5, 0.6) is 0 Å². The Kier molecular flexibility index (Phi) is 7.83. The summed E-state index contributed by atoms with van der Waals surface area (Å²) in [7, 11) is -0.567. The van der Waals surface area contributed by atoms with Crippen LogP contribution in [-0.2, 0) is 30.0 Å². The number of benzene rings is 1. The van der Waals surface area contributed by atoms with Gasteiger partial charge in [-0.2, -0.15) is 0 Å². The summed E-state index contributed by atoms with van der Waals surface area (Å²) in [5.41, 5.74) is 0.297. The van der Waals surface area contributed by atoms with E-state index in [-0.39, 0.29) is 25.1 Å². The number of hydroxylamine groups is 1. The highest BCUT2D eigenvalue weighted by molar-refractivity contribution is 7.92. The molecule has 0 radical (unpaired) electrons. The van der Waals surface area contributed by atoms with E-state index in [0.29, 0.717) is 19.2 Å². The van der Waals surface area contributed by atoms with Crippen LogP contribution in [0.15, 0.2) is 35.7 Å². The summed E-state index contributed by atoms with van der Waals surface area (Å²) in [5.74, 6) is -1.31. The van der Waals surface area contributed by atoms with E-state index in [1.165, 1.54) is 18.2 Å². The molecular formula is C22H25ClFN3O5S2. The molecule has 0 spiro atoms. The average Bonchev–Trinajstić information content (AvgIpc) is 3.35. The number of carbonyl (C=O) groups excluding carboxylic acids is 2. The monoisotopic (exact) mass is 529 g/mol. The van der Waals surface area contributed by atoms with Gasteiger partial charge < -0.3 is 14.6 Å². The predicted octanol–water partition coefficient (Wildman–Crippen LogP) is 3.83. The number of nitrogens with zero attached hydrogens (tertiary/aromatic N) is 3. The molecule has 8 nitrogen and oxygen atoms in total. The second kappa shape index (κ2) is 10.1. The van der Waals surface area contributed by atoms with Crippen LogP contribution >= 0.6 is 22.9 Å². The number of anilines is 1. The van der Waals surface area contributed by atoms with Gasteiger partial charge >= 0.3 is 6.47 Å². The highest BCUT2D eigenvalue weighted by atomic mass is 35.5. The highest BCUT2D eigenvalue weighted by Crippen LogP contribution is 2.33. The Morgan fingerprint density at radius 3 is 2.53 bits per heavy atom. The third-order valence-corrected chi connectivity index (χ3v) is 8.41. The largest absolute Gasteiger partial charge is 0.355 e. The molecule has 1 fully saturated rings. The molecule has 0 bridgehead atoms. The first-order valence-corrected chi connectivity index (χ1v) is 13.0. The number of hydrogen-bond donors (Lipinski definition) is 0. The number of carbonyl (C=O) groups is 2. The van der Waals surface area contributed by atoms with Crippen molar-refractivity contribution in [1.29, 1.82) is 0 Å². The van der Waals surface area contributed by atoms with Gasteiger partial charge in [0.05, 0.1) is 15.4 Å². The van der Waals surface area contributed by atoms with Crippen molar-refractivity contribution in [2.24, 2.45) is 0 Å². The lowest BCUT2D eigenvalue weighted by Crippen LogP contribution is -2.44. The molecule has 1 amide bonds. The molecule has 1 aromatic carbocycles. The van der Waals surface area contributed by atoms with E-state index in [4.69, 9.17) is 16.4 Å². The van der Waals surface area contributed by atoms with Crippen LogP contribution in [-0.4, -0.2) is 56.8 Å². The molecule has 12 heteroatoms. The molecule has 3 rings (SSSR count). The maximum absolute atomic E-state index is 15.0. The Hall–Kier alpha value is -2.31. The molecule has 1 aromatic heterocycles. The second-order valence-electron chi connectivity index (χ2n) is 8.36. The van der Waals surface area contributed by atoms with Gasteiger partial charge in [-0.1, -0.05) is 17.7 Å². The van der Waals surface area contributed by atoms with Crippen molar-refractivity contribution in [1.82, 2.24) is 9.37 Å². The first-order chi connectivity index (χ1) is 15.9. The molecule has 0 saturated carbocycles. The Bertz CT molecular complexity index is 1210. The van der Waals surface area contributed by atoms with Gasteiger partial charge in [0.1, 0.15) is 11.9 Å². The molecule has 1 saturated heterocycles. The van der Waals surface area contributed by atoms with Crippen molar-refractivity contribution in [2.45, 2.75) is 31.8 Å². The van der Waals surface area contributed by atoms with Gasteiger partial charge in [-0.05, 0) is 74.7 Å². The fourth-order valence-electron chi connectivity index (χ4n) is 3.45. The van der Waals surface area contributed by atoms with Crippen LogP contribution in [0.1, 0.15) is 30.7 Å². The minimum absolute atomic E-state index is 0.00888. The fraction of sp³-hybridized carbons (Fsp3) is 0.364. The maximum atomic E-state index is 15.0. The van der Waals surface area contributed by atoms with Crippen molar-refractivity contribution in [2.75, 3.05) is 25.5 Å². The van der Waals surface area contributed by atoms with E-state index in [0.717, 1.165) is 21.6 Å². The van der Waals surface area contributed by atoms with Gasteiger partial charge in [0.25, 0.3) is 10.0 Å². The molecule has 0 N–H and O–H groups in total. The van der Waals surface area contributed by atoms with E-state index in [1.807, 2.05) is 32.8 Å². The van der Waals surface area contributed by atoms with Crippen LogP contribution in [0.4, 0.5) is 10.1 Å². The summed E-state index contributed by atoms with van der Waals surface area (Å²) in [6.45, 7) is 3.86. The number of amides is 1. The molecule has 184 valence electrons. The number of rotatable bonds is 9. The van der Waals surface area contributed by atoms with E-state index in [1.54, 1.807) is 18.2 Å². The summed E-state index contributed by atoms with van der Waals surface area (Å²) in [5, 5.41) is 0.827. The minimum atomic E-state index is -4.33. The van der Waals surface area contributed by atoms with Crippen LogP contribution in [0.25, 0.3) is 6.08 Å². The molecule has 0 aliphatic carbocycles. The molecule has 2 heterocycles. The Balaban J connectivity index is 1.86.